The van der Waals surface area contributed by atoms with E-state index in [1.807, 2.05) is 36.4 Å². The normalized spacial score (nSPS) is 10.4. The summed E-state index contributed by atoms with van der Waals surface area (Å²) in [6.45, 7) is 0.743. The minimum absolute atomic E-state index is 0.194. The molecule has 24 heavy (non-hydrogen) atoms. The van der Waals surface area contributed by atoms with Gasteiger partial charge in [0.2, 0.25) is 0 Å². The van der Waals surface area contributed by atoms with Crippen molar-refractivity contribution in [3.63, 3.8) is 0 Å². The van der Waals surface area contributed by atoms with Crippen LogP contribution in [0.25, 0.3) is 0 Å². The fraction of sp³-hybridized carbons (Fsp3) is 0.167. The van der Waals surface area contributed by atoms with E-state index in [1.54, 1.807) is 13.3 Å². The van der Waals surface area contributed by atoms with Crippen LogP contribution >= 0.6 is 34.2 Å². The van der Waals surface area contributed by atoms with Gasteiger partial charge in [-0.1, -0.05) is 35.7 Å². The molecule has 0 spiro atoms. The van der Waals surface area contributed by atoms with Crippen molar-refractivity contribution in [2.24, 2.45) is 5.10 Å². The van der Waals surface area contributed by atoms with E-state index < -0.39 is 0 Å². The molecule has 0 amide bonds. The van der Waals surface area contributed by atoms with E-state index in [0.29, 0.717) is 23.1 Å². The lowest BCUT2D eigenvalue weighted by Gasteiger charge is -2.11. The first kappa shape index (κ1) is 18.4. The maximum Gasteiger partial charge on any atom is 0.175 e. The van der Waals surface area contributed by atoms with Crippen molar-refractivity contribution in [3.8, 4) is 23.8 Å². The van der Waals surface area contributed by atoms with Gasteiger partial charge in [0.15, 0.2) is 11.5 Å². The molecule has 0 saturated heterocycles. The number of benzene rings is 2. The molecule has 2 aromatic carbocycles. The molecule has 0 unspecified atom stereocenters. The van der Waals surface area contributed by atoms with Gasteiger partial charge in [0.05, 0.1) is 23.4 Å². The minimum atomic E-state index is 0.194. The lowest BCUT2D eigenvalue weighted by atomic mass is 10.2. The Morgan fingerprint density at radius 3 is 2.88 bits per heavy atom. The van der Waals surface area contributed by atoms with Crippen molar-refractivity contribution in [3.05, 3.63) is 56.1 Å². The van der Waals surface area contributed by atoms with Crippen LogP contribution in [0.5, 0.6) is 11.5 Å². The number of nitrogens with one attached hydrogen (secondary N) is 1. The summed E-state index contributed by atoms with van der Waals surface area (Å²) < 4.78 is 11.8. The maximum atomic E-state index is 6.10. The molecule has 0 aromatic heterocycles. The Bertz CT molecular complexity index is 772. The van der Waals surface area contributed by atoms with E-state index in [0.717, 1.165) is 14.7 Å². The molecule has 0 fully saturated rings. The van der Waals surface area contributed by atoms with Gasteiger partial charge < -0.3 is 14.9 Å². The van der Waals surface area contributed by atoms with Gasteiger partial charge in [0.25, 0.3) is 0 Å². The summed E-state index contributed by atoms with van der Waals surface area (Å²) >= 11 is 8.28. The Morgan fingerprint density at radius 1 is 1.38 bits per heavy atom. The third-order valence-corrected chi connectivity index (χ3v) is 4.25. The van der Waals surface area contributed by atoms with Gasteiger partial charge in [0.1, 0.15) is 6.61 Å². The Balaban J connectivity index is 2.05. The smallest absolute Gasteiger partial charge is 0.175 e. The summed E-state index contributed by atoms with van der Waals surface area (Å²) in [5.74, 6) is 3.69. The van der Waals surface area contributed by atoms with E-state index in [9.17, 15) is 0 Å². The van der Waals surface area contributed by atoms with E-state index in [-0.39, 0.29) is 6.61 Å². The molecule has 0 saturated carbocycles. The summed E-state index contributed by atoms with van der Waals surface area (Å²) in [5.41, 5.74) is 4.85. The van der Waals surface area contributed by atoms with Gasteiger partial charge in [0, 0.05) is 5.02 Å². The van der Waals surface area contributed by atoms with Gasteiger partial charge in [-0.05, 0) is 51.9 Å². The summed E-state index contributed by atoms with van der Waals surface area (Å²) in [6, 6.07) is 11.4. The van der Waals surface area contributed by atoms with Crippen LogP contribution in [0.15, 0.2) is 41.5 Å². The fourth-order valence-corrected chi connectivity index (χ4v) is 2.94. The fourth-order valence-electron chi connectivity index (χ4n) is 1.96. The van der Waals surface area contributed by atoms with Crippen molar-refractivity contribution < 1.29 is 9.47 Å². The molecule has 2 rings (SSSR count). The van der Waals surface area contributed by atoms with Crippen LogP contribution in [0.4, 0.5) is 0 Å². The molecule has 0 aliphatic rings. The molecule has 2 aromatic rings. The second-order valence-corrected chi connectivity index (χ2v) is 6.28. The zero-order valence-corrected chi connectivity index (χ0v) is 16.0. The number of terminal acetylenes is 1. The Kier molecular flexibility index (Phi) is 7.22. The SMILES string of the molecule is C#CCOc1c(I)cc(/C=N\NCc2ccccc2Cl)cc1OC. The lowest BCUT2D eigenvalue weighted by molar-refractivity contribution is 0.328. The predicted octanol–water partition coefficient (Wildman–Crippen LogP) is 4.09. The average Bonchev–Trinajstić information content (AvgIpc) is 2.58. The van der Waals surface area contributed by atoms with Gasteiger partial charge >= 0.3 is 0 Å². The number of nitrogens with zero attached hydrogens (tertiary/aromatic N) is 1. The van der Waals surface area contributed by atoms with Crippen LogP contribution in [0, 0.1) is 15.9 Å². The summed E-state index contributed by atoms with van der Waals surface area (Å²) in [5, 5.41) is 4.93. The Morgan fingerprint density at radius 2 is 2.17 bits per heavy atom. The Hall–Kier alpha value is -1.91. The minimum Gasteiger partial charge on any atom is -0.493 e. The number of ether oxygens (including phenoxy) is 2. The quantitative estimate of drug-likeness (QED) is 0.297. The maximum absolute atomic E-state index is 6.10. The van der Waals surface area contributed by atoms with Crippen molar-refractivity contribution in [2.75, 3.05) is 13.7 Å². The predicted molar refractivity (Wildman–Crippen MR) is 106 cm³/mol. The summed E-state index contributed by atoms with van der Waals surface area (Å²) in [6.07, 6.45) is 6.95. The number of hydrogen-bond donors (Lipinski definition) is 1. The first-order chi connectivity index (χ1) is 11.7. The molecule has 0 aliphatic carbocycles. The van der Waals surface area contributed by atoms with Crippen LogP contribution in [-0.4, -0.2) is 19.9 Å². The largest absolute Gasteiger partial charge is 0.493 e. The van der Waals surface area contributed by atoms with Crippen molar-refractivity contribution >= 4 is 40.4 Å². The van der Waals surface area contributed by atoms with E-state index in [4.69, 9.17) is 27.5 Å². The monoisotopic (exact) mass is 454 g/mol. The number of hydrazone groups is 1. The molecule has 0 aliphatic heterocycles. The standard InChI is InChI=1S/C18H16ClIN2O2/c1-3-8-24-18-16(20)9-13(10-17(18)23-2)11-21-22-12-14-6-4-5-7-15(14)19/h1,4-7,9-11,22H,8,12H2,2H3/b21-11-. The van der Waals surface area contributed by atoms with Crippen molar-refractivity contribution in [1.29, 1.82) is 0 Å². The molecule has 0 radical (unpaired) electrons. The van der Waals surface area contributed by atoms with Gasteiger partial charge in [-0.25, -0.2) is 0 Å². The first-order valence-electron chi connectivity index (χ1n) is 7.09. The molecule has 6 heteroatoms. The van der Waals surface area contributed by atoms with Crippen LogP contribution < -0.4 is 14.9 Å². The molecular weight excluding hydrogens is 439 g/mol. The summed E-state index contributed by atoms with van der Waals surface area (Å²) in [4.78, 5) is 0. The highest BCUT2D eigenvalue weighted by Gasteiger charge is 2.10. The highest BCUT2D eigenvalue weighted by Crippen LogP contribution is 2.33. The third kappa shape index (κ3) is 5.05. The molecule has 0 heterocycles. The number of methoxy groups -OCH3 is 1. The molecular formula is C18H16ClIN2O2. The molecule has 1 N–H and O–H groups in total. The number of rotatable bonds is 7. The second-order valence-electron chi connectivity index (χ2n) is 4.71. The van der Waals surface area contributed by atoms with E-state index in [1.165, 1.54) is 0 Å². The molecule has 0 atom stereocenters. The average molecular weight is 455 g/mol. The van der Waals surface area contributed by atoms with Crippen molar-refractivity contribution in [2.45, 2.75) is 6.54 Å². The zero-order valence-electron chi connectivity index (χ0n) is 13.1. The van der Waals surface area contributed by atoms with E-state index >= 15 is 0 Å². The number of halogens is 2. The van der Waals surface area contributed by atoms with Crippen LogP contribution in [0.3, 0.4) is 0 Å². The highest BCUT2D eigenvalue weighted by molar-refractivity contribution is 14.1. The van der Waals surface area contributed by atoms with Crippen LogP contribution in [-0.2, 0) is 6.54 Å². The summed E-state index contributed by atoms with van der Waals surface area (Å²) in [7, 11) is 1.59. The van der Waals surface area contributed by atoms with Gasteiger partial charge in [-0.3, -0.25) is 0 Å². The Labute approximate surface area is 160 Å². The molecule has 4 nitrogen and oxygen atoms in total. The lowest BCUT2D eigenvalue weighted by Crippen LogP contribution is -2.06. The topological polar surface area (TPSA) is 42.8 Å². The van der Waals surface area contributed by atoms with Gasteiger partial charge in [-0.15, -0.1) is 6.42 Å². The van der Waals surface area contributed by atoms with Crippen LogP contribution in [0.2, 0.25) is 5.02 Å². The highest BCUT2D eigenvalue weighted by atomic mass is 127. The number of hydrogen-bond acceptors (Lipinski definition) is 4. The first-order valence-corrected chi connectivity index (χ1v) is 8.54. The van der Waals surface area contributed by atoms with Crippen LogP contribution in [0.1, 0.15) is 11.1 Å². The zero-order chi connectivity index (χ0) is 17.4. The van der Waals surface area contributed by atoms with E-state index in [2.05, 4.69) is 39.0 Å². The van der Waals surface area contributed by atoms with Crippen molar-refractivity contribution in [1.82, 2.24) is 5.43 Å². The second kappa shape index (κ2) is 9.40. The third-order valence-electron chi connectivity index (χ3n) is 3.08. The van der Waals surface area contributed by atoms with Gasteiger partial charge in [-0.2, -0.15) is 5.10 Å². The molecule has 0 bridgehead atoms. The molecule has 124 valence electrons.